The molecule has 1 fully saturated rings. The second kappa shape index (κ2) is 4.31. The van der Waals surface area contributed by atoms with Crippen LogP contribution in [-0.2, 0) is 4.74 Å². The van der Waals surface area contributed by atoms with Gasteiger partial charge in [-0.25, -0.2) is 4.98 Å². The first kappa shape index (κ1) is 10.9. The van der Waals surface area contributed by atoms with Crippen molar-refractivity contribution in [2.24, 2.45) is 0 Å². The molecule has 0 radical (unpaired) electrons. The van der Waals surface area contributed by atoms with Crippen molar-refractivity contribution in [2.75, 3.05) is 13.2 Å². The van der Waals surface area contributed by atoms with Crippen molar-refractivity contribution in [3.8, 4) is 0 Å². The summed E-state index contributed by atoms with van der Waals surface area (Å²) in [5, 5.41) is 1.12. The van der Waals surface area contributed by atoms with Gasteiger partial charge in [0.2, 0.25) is 0 Å². The molecule has 1 aromatic carbocycles. The predicted octanol–water partition coefficient (Wildman–Crippen LogP) is 3.01. The number of para-hydroxylation sites is 1. The fraction of sp³-hybridized carbons (Fsp3) is 0.333. The summed E-state index contributed by atoms with van der Waals surface area (Å²) in [6.07, 6.45) is 3.85. The van der Waals surface area contributed by atoms with Crippen LogP contribution in [0.2, 0.25) is 0 Å². The zero-order valence-corrected chi connectivity index (χ0v) is 10.6. The first-order chi connectivity index (χ1) is 9.43. The summed E-state index contributed by atoms with van der Waals surface area (Å²) in [5.74, 6) is 0.473. The third-order valence-electron chi connectivity index (χ3n) is 3.90. The Morgan fingerprint density at radius 1 is 1.16 bits per heavy atom. The highest BCUT2D eigenvalue weighted by Crippen LogP contribution is 2.32. The lowest BCUT2D eigenvalue weighted by Gasteiger charge is -2.22. The van der Waals surface area contributed by atoms with Gasteiger partial charge in [-0.3, -0.25) is 4.98 Å². The van der Waals surface area contributed by atoms with Crippen LogP contribution in [0.1, 0.15) is 24.5 Å². The molecule has 2 aromatic heterocycles. The number of aromatic nitrogens is 3. The molecule has 1 N–H and O–H groups in total. The molecule has 19 heavy (non-hydrogen) atoms. The Balaban J connectivity index is 1.99. The summed E-state index contributed by atoms with van der Waals surface area (Å²) in [6, 6.07) is 8.21. The molecule has 0 saturated carbocycles. The molecule has 3 aromatic rings. The average molecular weight is 253 g/mol. The molecule has 1 aliphatic heterocycles. The molecule has 96 valence electrons. The van der Waals surface area contributed by atoms with E-state index in [1.807, 2.05) is 12.1 Å². The van der Waals surface area contributed by atoms with E-state index in [0.29, 0.717) is 5.92 Å². The minimum absolute atomic E-state index is 0.473. The molecule has 4 nitrogen and oxygen atoms in total. The highest BCUT2D eigenvalue weighted by atomic mass is 16.5. The van der Waals surface area contributed by atoms with Gasteiger partial charge in [0, 0.05) is 24.5 Å². The largest absolute Gasteiger partial charge is 0.381 e. The fourth-order valence-electron chi connectivity index (χ4n) is 2.92. The van der Waals surface area contributed by atoms with Crippen molar-refractivity contribution in [2.45, 2.75) is 18.8 Å². The lowest BCUT2D eigenvalue weighted by molar-refractivity contribution is 0.0848. The molecule has 0 spiro atoms. The monoisotopic (exact) mass is 253 g/mol. The standard InChI is InChI=1S/C15H15N3O/c1-2-4-12-11(3-1)14-15(17-9-16-14)13(18-12)10-5-7-19-8-6-10/h1-4,9-10H,5-8H2,(H,16,17). The Bertz CT molecular complexity index is 728. The number of rotatable bonds is 1. The molecule has 1 aliphatic rings. The maximum Gasteiger partial charge on any atom is 0.0995 e. The Kier molecular flexibility index (Phi) is 2.48. The van der Waals surface area contributed by atoms with Gasteiger partial charge in [-0.05, 0) is 18.9 Å². The van der Waals surface area contributed by atoms with E-state index in [-0.39, 0.29) is 0 Å². The third kappa shape index (κ3) is 1.71. The summed E-state index contributed by atoms with van der Waals surface area (Å²) in [6.45, 7) is 1.66. The predicted molar refractivity (Wildman–Crippen MR) is 74.2 cm³/mol. The van der Waals surface area contributed by atoms with Crippen LogP contribution in [0.3, 0.4) is 0 Å². The Labute approximate surface area is 110 Å². The van der Waals surface area contributed by atoms with Gasteiger partial charge < -0.3 is 9.72 Å². The number of imidazole rings is 1. The van der Waals surface area contributed by atoms with E-state index in [1.165, 1.54) is 0 Å². The van der Waals surface area contributed by atoms with Crippen molar-refractivity contribution in [3.63, 3.8) is 0 Å². The van der Waals surface area contributed by atoms with E-state index in [1.54, 1.807) is 6.33 Å². The Morgan fingerprint density at radius 3 is 2.89 bits per heavy atom. The summed E-state index contributed by atoms with van der Waals surface area (Å²) in [7, 11) is 0. The van der Waals surface area contributed by atoms with Crippen LogP contribution in [0.15, 0.2) is 30.6 Å². The zero-order chi connectivity index (χ0) is 12.7. The number of hydrogen-bond donors (Lipinski definition) is 1. The Morgan fingerprint density at radius 2 is 2.00 bits per heavy atom. The molecular formula is C15H15N3O. The molecule has 0 atom stereocenters. The summed E-state index contributed by atoms with van der Waals surface area (Å²) in [5.41, 5.74) is 4.30. The van der Waals surface area contributed by atoms with Gasteiger partial charge in [0.25, 0.3) is 0 Å². The normalized spacial score (nSPS) is 17.3. The van der Waals surface area contributed by atoms with Gasteiger partial charge in [-0.2, -0.15) is 0 Å². The maximum absolute atomic E-state index is 5.45. The SMILES string of the molecule is c1ccc2c(c1)nc(C1CCOCC1)c1[nH]cnc12. The highest BCUT2D eigenvalue weighted by molar-refractivity contribution is 6.02. The van der Waals surface area contributed by atoms with Gasteiger partial charge in [0.05, 0.1) is 28.6 Å². The van der Waals surface area contributed by atoms with E-state index in [4.69, 9.17) is 9.72 Å². The maximum atomic E-state index is 5.45. The van der Waals surface area contributed by atoms with Crippen LogP contribution >= 0.6 is 0 Å². The quantitative estimate of drug-likeness (QED) is 0.725. The van der Waals surface area contributed by atoms with E-state index in [0.717, 1.165) is 53.7 Å². The number of fused-ring (bicyclic) bond motifs is 3. The molecule has 0 bridgehead atoms. The molecule has 4 heteroatoms. The summed E-state index contributed by atoms with van der Waals surface area (Å²) < 4.78 is 5.45. The van der Waals surface area contributed by atoms with Gasteiger partial charge >= 0.3 is 0 Å². The number of benzene rings is 1. The van der Waals surface area contributed by atoms with Gasteiger partial charge in [-0.15, -0.1) is 0 Å². The molecule has 0 amide bonds. The topological polar surface area (TPSA) is 50.8 Å². The molecule has 1 saturated heterocycles. The fourth-order valence-corrected chi connectivity index (χ4v) is 2.92. The molecule has 0 aliphatic carbocycles. The third-order valence-corrected chi connectivity index (χ3v) is 3.90. The van der Waals surface area contributed by atoms with Crippen molar-refractivity contribution in [1.29, 1.82) is 0 Å². The number of pyridine rings is 1. The second-order valence-corrected chi connectivity index (χ2v) is 5.03. The number of ether oxygens (including phenoxy) is 1. The van der Waals surface area contributed by atoms with Crippen LogP contribution < -0.4 is 0 Å². The zero-order valence-electron chi connectivity index (χ0n) is 10.6. The molecular weight excluding hydrogens is 238 g/mol. The van der Waals surface area contributed by atoms with E-state index >= 15 is 0 Å². The summed E-state index contributed by atoms with van der Waals surface area (Å²) >= 11 is 0. The first-order valence-electron chi connectivity index (χ1n) is 6.73. The minimum Gasteiger partial charge on any atom is -0.381 e. The van der Waals surface area contributed by atoms with E-state index in [2.05, 4.69) is 22.1 Å². The van der Waals surface area contributed by atoms with Crippen LogP contribution in [-0.4, -0.2) is 28.2 Å². The van der Waals surface area contributed by atoms with Crippen molar-refractivity contribution in [3.05, 3.63) is 36.3 Å². The lowest BCUT2D eigenvalue weighted by Crippen LogP contribution is -2.15. The minimum atomic E-state index is 0.473. The summed E-state index contributed by atoms with van der Waals surface area (Å²) in [4.78, 5) is 12.6. The number of nitrogens with one attached hydrogen (secondary N) is 1. The highest BCUT2D eigenvalue weighted by Gasteiger charge is 2.21. The first-order valence-corrected chi connectivity index (χ1v) is 6.73. The van der Waals surface area contributed by atoms with Gasteiger partial charge in [-0.1, -0.05) is 18.2 Å². The molecule has 3 heterocycles. The van der Waals surface area contributed by atoms with Crippen LogP contribution in [0.5, 0.6) is 0 Å². The van der Waals surface area contributed by atoms with Gasteiger partial charge in [0.1, 0.15) is 0 Å². The van der Waals surface area contributed by atoms with Crippen LogP contribution in [0, 0.1) is 0 Å². The Hall–Kier alpha value is -1.94. The van der Waals surface area contributed by atoms with Crippen LogP contribution in [0.4, 0.5) is 0 Å². The number of nitrogens with zero attached hydrogens (tertiary/aromatic N) is 2. The van der Waals surface area contributed by atoms with Crippen molar-refractivity contribution >= 4 is 21.9 Å². The average Bonchev–Trinajstić information content (AvgIpc) is 2.97. The van der Waals surface area contributed by atoms with Crippen molar-refractivity contribution < 1.29 is 4.74 Å². The van der Waals surface area contributed by atoms with E-state index in [9.17, 15) is 0 Å². The molecule has 0 unspecified atom stereocenters. The second-order valence-electron chi connectivity index (χ2n) is 5.03. The van der Waals surface area contributed by atoms with Crippen LogP contribution in [0.25, 0.3) is 21.9 Å². The number of hydrogen-bond acceptors (Lipinski definition) is 3. The molecule has 4 rings (SSSR count). The van der Waals surface area contributed by atoms with Crippen molar-refractivity contribution in [1.82, 2.24) is 15.0 Å². The van der Waals surface area contributed by atoms with Gasteiger partial charge in [0.15, 0.2) is 0 Å². The number of aromatic amines is 1. The smallest absolute Gasteiger partial charge is 0.0995 e. The number of H-pyrrole nitrogens is 1. The lowest BCUT2D eigenvalue weighted by atomic mass is 9.94. The van der Waals surface area contributed by atoms with E-state index < -0.39 is 0 Å².